The molecule has 0 unspecified atom stereocenters. The molecule has 0 aromatic heterocycles. The zero-order valence-corrected chi connectivity index (χ0v) is 12.1. The van der Waals surface area contributed by atoms with Gasteiger partial charge in [0.15, 0.2) is 0 Å². The van der Waals surface area contributed by atoms with Crippen molar-refractivity contribution in [2.24, 2.45) is 0 Å². The van der Waals surface area contributed by atoms with Gasteiger partial charge in [-0.05, 0) is 44.9 Å². The van der Waals surface area contributed by atoms with Crippen LogP contribution in [0.5, 0.6) is 0 Å². The maximum absolute atomic E-state index is 11.6. The van der Waals surface area contributed by atoms with Crippen molar-refractivity contribution < 1.29 is 4.79 Å². The molecule has 98 valence electrons. The minimum atomic E-state index is -0.127. The van der Waals surface area contributed by atoms with Crippen LogP contribution in [0.2, 0.25) is 5.02 Å². The SMILES string of the molecule is Cc1cc(C)c(N2CC(=O)NCC2(C)C)c(Cl)c1. The predicted octanol–water partition coefficient (Wildman–Crippen LogP) is 2.67. The van der Waals surface area contributed by atoms with Crippen LogP contribution in [0.25, 0.3) is 0 Å². The van der Waals surface area contributed by atoms with E-state index < -0.39 is 0 Å². The summed E-state index contributed by atoms with van der Waals surface area (Å²) in [5.74, 6) is 0.0466. The number of carbonyl (C=O) groups excluding carboxylic acids is 1. The van der Waals surface area contributed by atoms with Crippen molar-refractivity contribution in [3.05, 3.63) is 28.3 Å². The monoisotopic (exact) mass is 266 g/mol. The number of rotatable bonds is 1. The Morgan fingerprint density at radius 1 is 1.33 bits per heavy atom. The van der Waals surface area contributed by atoms with E-state index in [9.17, 15) is 4.79 Å². The summed E-state index contributed by atoms with van der Waals surface area (Å²) < 4.78 is 0. The molecule has 0 aliphatic carbocycles. The molecule has 0 saturated carbocycles. The van der Waals surface area contributed by atoms with Crippen molar-refractivity contribution in [2.45, 2.75) is 33.2 Å². The van der Waals surface area contributed by atoms with Crippen LogP contribution in [0.4, 0.5) is 5.69 Å². The van der Waals surface area contributed by atoms with Crippen LogP contribution in [0.3, 0.4) is 0 Å². The lowest BCUT2D eigenvalue weighted by atomic mass is 9.97. The minimum Gasteiger partial charge on any atom is -0.354 e. The van der Waals surface area contributed by atoms with E-state index in [0.717, 1.165) is 21.8 Å². The maximum atomic E-state index is 11.6. The molecular weight excluding hydrogens is 248 g/mol. The average molecular weight is 267 g/mol. The summed E-state index contributed by atoms with van der Waals surface area (Å²) in [6.07, 6.45) is 0. The second kappa shape index (κ2) is 4.47. The highest BCUT2D eigenvalue weighted by molar-refractivity contribution is 6.33. The van der Waals surface area contributed by atoms with Crippen LogP contribution >= 0.6 is 11.6 Å². The van der Waals surface area contributed by atoms with Gasteiger partial charge in [0, 0.05) is 6.54 Å². The molecule has 0 radical (unpaired) electrons. The number of nitrogens with one attached hydrogen (secondary N) is 1. The van der Waals surface area contributed by atoms with Crippen LogP contribution in [-0.4, -0.2) is 24.5 Å². The lowest BCUT2D eigenvalue weighted by molar-refractivity contribution is -0.121. The van der Waals surface area contributed by atoms with Crippen LogP contribution in [0.1, 0.15) is 25.0 Å². The molecule has 0 bridgehead atoms. The van der Waals surface area contributed by atoms with Gasteiger partial charge in [-0.2, -0.15) is 0 Å². The number of amides is 1. The zero-order chi connectivity index (χ0) is 13.5. The van der Waals surface area contributed by atoms with Gasteiger partial charge in [0.2, 0.25) is 5.91 Å². The standard InChI is InChI=1S/C14H19ClN2O/c1-9-5-10(2)13(11(15)6-9)17-7-12(18)16-8-14(17,3)4/h5-6H,7-8H2,1-4H3,(H,16,18). The minimum absolute atomic E-state index is 0.0466. The van der Waals surface area contributed by atoms with Gasteiger partial charge >= 0.3 is 0 Å². The summed E-state index contributed by atoms with van der Waals surface area (Å²) in [5, 5.41) is 3.62. The zero-order valence-electron chi connectivity index (χ0n) is 11.3. The lowest BCUT2D eigenvalue weighted by Crippen LogP contribution is -2.60. The van der Waals surface area contributed by atoms with Crippen molar-refractivity contribution in [3.63, 3.8) is 0 Å². The number of hydrogen-bond donors (Lipinski definition) is 1. The summed E-state index contributed by atoms with van der Waals surface area (Å²) in [7, 11) is 0. The number of piperazine rings is 1. The van der Waals surface area contributed by atoms with Crippen LogP contribution in [-0.2, 0) is 4.79 Å². The van der Waals surface area contributed by atoms with E-state index in [4.69, 9.17) is 11.6 Å². The van der Waals surface area contributed by atoms with E-state index >= 15 is 0 Å². The quantitative estimate of drug-likeness (QED) is 0.848. The van der Waals surface area contributed by atoms with Gasteiger partial charge in [0.25, 0.3) is 0 Å². The molecule has 1 aromatic rings. The third-order valence-electron chi connectivity index (χ3n) is 3.42. The number of anilines is 1. The van der Waals surface area contributed by atoms with Gasteiger partial charge in [-0.15, -0.1) is 0 Å². The summed E-state index contributed by atoms with van der Waals surface area (Å²) in [6, 6.07) is 4.05. The Bertz CT molecular complexity index is 474. The van der Waals surface area contributed by atoms with E-state index in [-0.39, 0.29) is 11.4 Å². The van der Waals surface area contributed by atoms with Crippen molar-refractivity contribution >= 4 is 23.2 Å². The first-order chi connectivity index (χ1) is 8.31. The van der Waals surface area contributed by atoms with Crippen molar-refractivity contribution in [1.82, 2.24) is 5.32 Å². The smallest absolute Gasteiger partial charge is 0.239 e. The van der Waals surface area contributed by atoms with Gasteiger partial charge < -0.3 is 10.2 Å². The van der Waals surface area contributed by atoms with Gasteiger partial charge in [0.05, 0.1) is 22.8 Å². The number of aryl methyl sites for hydroxylation is 2. The molecule has 1 amide bonds. The fraction of sp³-hybridized carbons (Fsp3) is 0.500. The highest BCUT2D eigenvalue weighted by Crippen LogP contribution is 2.35. The molecule has 1 saturated heterocycles. The Morgan fingerprint density at radius 2 is 2.00 bits per heavy atom. The second-order valence-electron chi connectivity index (χ2n) is 5.59. The number of hydrogen-bond acceptors (Lipinski definition) is 2. The molecule has 2 rings (SSSR count). The Balaban J connectivity index is 2.49. The van der Waals surface area contributed by atoms with Crippen molar-refractivity contribution in [2.75, 3.05) is 18.0 Å². The number of halogens is 1. The number of nitrogens with zero attached hydrogens (tertiary/aromatic N) is 1. The van der Waals surface area contributed by atoms with Gasteiger partial charge in [-0.1, -0.05) is 17.7 Å². The summed E-state index contributed by atoms with van der Waals surface area (Å²) in [4.78, 5) is 13.7. The fourth-order valence-corrected chi connectivity index (χ4v) is 2.88. The summed E-state index contributed by atoms with van der Waals surface area (Å²) in [6.45, 7) is 9.28. The van der Waals surface area contributed by atoms with E-state index in [0.29, 0.717) is 13.1 Å². The van der Waals surface area contributed by atoms with Crippen molar-refractivity contribution in [1.29, 1.82) is 0 Å². The molecule has 1 aliphatic rings. The highest BCUT2D eigenvalue weighted by Gasteiger charge is 2.35. The Kier molecular flexibility index (Phi) is 3.28. The molecule has 1 N–H and O–H groups in total. The molecule has 0 spiro atoms. The predicted molar refractivity (Wildman–Crippen MR) is 75.4 cm³/mol. The molecule has 1 heterocycles. The third-order valence-corrected chi connectivity index (χ3v) is 3.71. The second-order valence-corrected chi connectivity index (χ2v) is 5.99. The Labute approximate surface area is 113 Å². The Morgan fingerprint density at radius 3 is 2.61 bits per heavy atom. The first kappa shape index (κ1) is 13.2. The highest BCUT2D eigenvalue weighted by atomic mass is 35.5. The number of benzene rings is 1. The first-order valence-electron chi connectivity index (χ1n) is 6.12. The molecule has 1 aromatic carbocycles. The maximum Gasteiger partial charge on any atom is 0.239 e. The molecule has 1 aliphatic heterocycles. The molecule has 4 heteroatoms. The number of carbonyl (C=O) groups is 1. The topological polar surface area (TPSA) is 32.3 Å². The summed E-state index contributed by atoms with van der Waals surface area (Å²) >= 11 is 6.37. The molecule has 18 heavy (non-hydrogen) atoms. The molecule has 3 nitrogen and oxygen atoms in total. The molecule has 0 atom stereocenters. The molecule has 1 fully saturated rings. The largest absolute Gasteiger partial charge is 0.354 e. The van der Waals surface area contributed by atoms with Crippen LogP contribution in [0.15, 0.2) is 12.1 Å². The van der Waals surface area contributed by atoms with Crippen LogP contribution in [0, 0.1) is 13.8 Å². The van der Waals surface area contributed by atoms with E-state index in [1.807, 2.05) is 19.9 Å². The van der Waals surface area contributed by atoms with Gasteiger partial charge in [-0.3, -0.25) is 4.79 Å². The normalized spacial score (nSPS) is 18.7. The molecular formula is C14H19ClN2O. The fourth-order valence-electron chi connectivity index (χ4n) is 2.46. The van der Waals surface area contributed by atoms with E-state index in [2.05, 4.69) is 30.1 Å². The first-order valence-corrected chi connectivity index (χ1v) is 6.50. The van der Waals surface area contributed by atoms with Gasteiger partial charge in [0.1, 0.15) is 0 Å². The Hall–Kier alpha value is -1.22. The lowest BCUT2D eigenvalue weighted by Gasteiger charge is -2.44. The average Bonchev–Trinajstić information content (AvgIpc) is 2.22. The van der Waals surface area contributed by atoms with Gasteiger partial charge in [-0.25, -0.2) is 0 Å². The third kappa shape index (κ3) is 2.32. The van der Waals surface area contributed by atoms with E-state index in [1.165, 1.54) is 0 Å². The van der Waals surface area contributed by atoms with E-state index in [1.54, 1.807) is 0 Å². The van der Waals surface area contributed by atoms with Crippen LogP contribution < -0.4 is 10.2 Å². The van der Waals surface area contributed by atoms with Crippen molar-refractivity contribution in [3.8, 4) is 0 Å². The summed E-state index contributed by atoms with van der Waals surface area (Å²) in [5.41, 5.74) is 3.10.